The lowest BCUT2D eigenvalue weighted by atomic mass is 10.2. The average Bonchev–Trinajstić information content (AvgIpc) is 2.51. The number of nitrogens with one attached hydrogen (secondary N) is 1. The highest BCUT2D eigenvalue weighted by molar-refractivity contribution is 5.91. The maximum Gasteiger partial charge on any atom is 0.416 e. The Kier molecular flexibility index (Phi) is 5.20. The number of alkyl halides is 3. The van der Waals surface area contributed by atoms with E-state index in [0.717, 1.165) is 18.2 Å². The minimum atomic E-state index is -4.75. The smallest absolute Gasteiger partial charge is 0.416 e. The zero-order valence-corrected chi connectivity index (χ0v) is 12.3. The third kappa shape index (κ3) is 4.90. The molecule has 25 heavy (non-hydrogen) atoms. The Labute approximate surface area is 138 Å². The molecular weight excluding hydrogens is 348 g/mol. The SMILES string of the molecule is O=C(COc1ccc(C(F)(F)F)cc1[N+](=O)[O-])Nc1cccc(F)c1. The van der Waals surface area contributed by atoms with Crippen molar-refractivity contribution in [2.45, 2.75) is 6.18 Å². The van der Waals surface area contributed by atoms with Crippen molar-refractivity contribution in [2.75, 3.05) is 11.9 Å². The summed E-state index contributed by atoms with van der Waals surface area (Å²) in [7, 11) is 0. The van der Waals surface area contributed by atoms with Crippen molar-refractivity contribution in [2.24, 2.45) is 0 Å². The molecule has 2 aromatic rings. The fraction of sp³-hybridized carbons (Fsp3) is 0.133. The summed E-state index contributed by atoms with van der Waals surface area (Å²) >= 11 is 0. The summed E-state index contributed by atoms with van der Waals surface area (Å²) in [5.41, 5.74) is -2.00. The first kappa shape index (κ1) is 18.2. The molecular formula is C15H10F4N2O4. The Morgan fingerprint density at radius 2 is 1.92 bits per heavy atom. The summed E-state index contributed by atoms with van der Waals surface area (Å²) < 4.78 is 55.7. The van der Waals surface area contributed by atoms with E-state index < -0.39 is 46.4 Å². The summed E-state index contributed by atoms with van der Waals surface area (Å²) in [4.78, 5) is 21.5. The number of carbonyl (C=O) groups excluding carboxylic acids is 1. The molecule has 132 valence electrons. The Morgan fingerprint density at radius 1 is 1.20 bits per heavy atom. The van der Waals surface area contributed by atoms with E-state index >= 15 is 0 Å². The van der Waals surface area contributed by atoms with Gasteiger partial charge in [0.2, 0.25) is 0 Å². The second-order valence-corrected chi connectivity index (χ2v) is 4.78. The van der Waals surface area contributed by atoms with Crippen LogP contribution < -0.4 is 10.1 Å². The van der Waals surface area contributed by atoms with Gasteiger partial charge >= 0.3 is 11.9 Å². The predicted octanol–water partition coefficient (Wildman–Crippen LogP) is 3.77. The monoisotopic (exact) mass is 358 g/mol. The van der Waals surface area contributed by atoms with Crippen molar-refractivity contribution in [3.8, 4) is 5.75 Å². The maximum atomic E-state index is 13.0. The predicted molar refractivity (Wildman–Crippen MR) is 78.6 cm³/mol. The van der Waals surface area contributed by atoms with E-state index in [1.807, 2.05) is 0 Å². The molecule has 0 bridgehead atoms. The molecule has 0 heterocycles. The third-order valence-corrected chi connectivity index (χ3v) is 2.95. The van der Waals surface area contributed by atoms with Crippen molar-refractivity contribution in [1.29, 1.82) is 0 Å². The Balaban J connectivity index is 2.09. The van der Waals surface area contributed by atoms with Gasteiger partial charge in [0.15, 0.2) is 12.4 Å². The number of nitro groups is 1. The number of amides is 1. The summed E-state index contributed by atoms with van der Waals surface area (Å²) in [5.74, 6) is -1.84. The molecule has 0 saturated carbocycles. The molecule has 0 unspecified atom stereocenters. The highest BCUT2D eigenvalue weighted by Gasteiger charge is 2.33. The molecule has 0 atom stereocenters. The lowest BCUT2D eigenvalue weighted by Gasteiger charge is -2.10. The number of benzene rings is 2. The van der Waals surface area contributed by atoms with Crippen molar-refractivity contribution in [3.05, 3.63) is 64.0 Å². The van der Waals surface area contributed by atoms with Crippen LogP contribution in [0.3, 0.4) is 0 Å². The van der Waals surface area contributed by atoms with Gasteiger partial charge in [-0.25, -0.2) is 4.39 Å². The van der Waals surface area contributed by atoms with E-state index in [1.165, 1.54) is 12.1 Å². The van der Waals surface area contributed by atoms with Gasteiger partial charge in [-0.15, -0.1) is 0 Å². The topological polar surface area (TPSA) is 81.5 Å². The Bertz CT molecular complexity index is 808. The lowest BCUT2D eigenvalue weighted by molar-refractivity contribution is -0.386. The van der Waals surface area contributed by atoms with Crippen LogP contribution >= 0.6 is 0 Å². The van der Waals surface area contributed by atoms with Crippen LogP contribution in [0.15, 0.2) is 42.5 Å². The molecule has 0 fully saturated rings. The zero-order chi connectivity index (χ0) is 18.6. The van der Waals surface area contributed by atoms with E-state index in [1.54, 1.807) is 0 Å². The minimum Gasteiger partial charge on any atom is -0.477 e. The zero-order valence-electron chi connectivity index (χ0n) is 12.3. The van der Waals surface area contributed by atoms with Gasteiger partial charge in [-0.05, 0) is 30.3 Å². The summed E-state index contributed by atoms with van der Waals surface area (Å²) in [6.45, 7) is -0.706. The summed E-state index contributed by atoms with van der Waals surface area (Å²) in [6.07, 6.45) is -4.75. The normalized spacial score (nSPS) is 11.0. The number of rotatable bonds is 5. The van der Waals surface area contributed by atoms with Gasteiger partial charge in [0, 0.05) is 11.8 Å². The summed E-state index contributed by atoms with van der Waals surface area (Å²) in [5, 5.41) is 13.2. The van der Waals surface area contributed by atoms with Crippen LogP contribution in [0.25, 0.3) is 0 Å². The molecule has 6 nitrogen and oxygen atoms in total. The van der Waals surface area contributed by atoms with Gasteiger partial charge in [0.25, 0.3) is 5.91 Å². The maximum absolute atomic E-state index is 13.0. The first-order valence-corrected chi connectivity index (χ1v) is 6.70. The molecule has 0 aromatic heterocycles. The molecule has 1 N–H and O–H groups in total. The quantitative estimate of drug-likeness (QED) is 0.501. The minimum absolute atomic E-state index is 0.135. The number of nitro benzene ring substituents is 1. The van der Waals surface area contributed by atoms with Crippen LogP contribution in [-0.4, -0.2) is 17.4 Å². The van der Waals surface area contributed by atoms with Crippen LogP contribution in [0.1, 0.15) is 5.56 Å². The standard InChI is InChI=1S/C15H10F4N2O4/c16-10-2-1-3-11(7-10)20-14(22)8-25-13-5-4-9(15(17,18)19)6-12(13)21(23)24/h1-7H,8H2,(H,20,22). The molecule has 0 aliphatic carbocycles. The number of halogens is 4. The molecule has 2 aromatic carbocycles. The first-order valence-electron chi connectivity index (χ1n) is 6.70. The fourth-order valence-electron chi connectivity index (χ4n) is 1.87. The van der Waals surface area contributed by atoms with E-state index in [9.17, 15) is 32.5 Å². The molecule has 0 saturated heterocycles. The molecule has 0 spiro atoms. The number of carbonyl (C=O) groups is 1. The molecule has 2 rings (SSSR count). The van der Waals surface area contributed by atoms with Crippen molar-refractivity contribution in [1.82, 2.24) is 0 Å². The van der Waals surface area contributed by atoms with Crippen LogP contribution in [-0.2, 0) is 11.0 Å². The van der Waals surface area contributed by atoms with E-state index in [2.05, 4.69) is 5.32 Å². The largest absolute Gasteiger partial charge is 0.477 e. The van der Waals surface area contributed by atoms with Gasteiger partial charge < -0.3 is 10.1 Å². The number of hydrogen-bond donors (Lipinski definition) is 1. The second-order valence-electron chi connectivity index (χ2n) is 4.78. The van der Waals surface area contributed by atoms with Crippen LogP contribution in [0.4, 0.5) is 28.9 Å². The Hall–Kier alpha value is -3.17. The summed E-state index contributed by atoms with van der Waals surface area (Å²) in [6, 6.07) is 6.65. The molecule has 0 aliphatic heterocycles. The number of anilines is 1. The molecule has 1 amide bonds. The van der Waals surface area contributed by atoms with Crippen LogP contribution in [0.2, 0.25) is 0 Å². The van der Waals surface area contributed by atoms with Crippen LogP contribution in [0, 0.1) is 15.9 Å². The molecule has 10 heteroatoms. The van der Waals surface area contributed by atoms with Crippen LogP contribution in [0.5, 0.6) is 5.75 Å². The van der Waals surface area contributed by atoms with Crippen molar-refractivity contribution in [3.63, 3.8) is 0 Å². The third-order valence-electron chi connectivity index (χ3n) is 2.95. The van der Waals surface area contributed by atoms with E-state index in [4.69, 9.17) is 4.74 Å². The fourth-order valence-corrected chi connectivity index (χ4v) is 1.87. The van der Waals surface area contributed by atoms with Gasteiger partial charge in [0.05, 0.1) is 10.5 Å². The second kappa shape index (κ2) is 7.16. The lowest BCUT2D eigenvalue weighted by Crippen LogP contribution is -2.20. The van der Waals surface area contributed by atoms with Gasteiger partial charge in [-0.1, -0.05) is 6.07 Å². The van der Waals surface area contributed by atoms with E-state index in [0.29, 0.717) is 12.1 Å². The van der Waals surface area contributed by atoms with Gasteiger partial charge in [-0.2, -0.15) is 13.2 Å². The highest BCUT2D eigenvalue weighted by Crippen LogP contribution is 2.36. The van der Waals surface area contributed by atoms with E-state index in [-0.39, 0.29) is 5.69 Å². The molecule has 0 radical (unpaired) electrons. The first-order chi connectivity index (χ1) is 11.7. The Morgan fingerprint density at radius 3 is 2.52 bits per heavy atom. The van der Waals surface area contributed by atoms with Crippen molar-refractivity contribution < 1.29 is 32.0 Å². The van der Waals surface area contributed by atoms with Gasteiger partial charge in [-0.3, -0.25) is 14.9 Å². The highest BCUT2D eigenvalue weighted by atomic mass is 19.4. The number of hydrogen-bond acceptors (Lipinski definition) is 4. The van der Waals surface area contributed by atoms with Gasteiger partial charge in [0.1, 0.15) is 5.82 Å². The number of ether oxygens (including phenoxy) is 1. The number of nitrogens with zero attached hydrogens (tertiary/aromatic N) is 1. The van der Waals surface area contributed by atoms with Crippen molar-refractivity contribution >= 4 is 17.3 Å². The average molecular weight is 358 g/mol. The molecule has 0 aliphatic rings.